The number of aliphatic carboxylic acids is 1. The van der Waals surface area contributed by atoms with Crippen LogP contribution in [0.15, 0.2) is 12.2 Å². The molecular formula is C6H9NO4. The lowest BCUT2D eigenvalue weighted by Gasteiger charge is -1.91. The Morgan fingerprint density at radius 3 is 2.64 bits per heavy atom. The topological polar surface area (TPSA) is 89.6 Å². The average molecular weight is 159 g/mol. The van der Waals surface area contributed by atoms with Crippen LogP contribution >= 0.6 is 0 Å². The van der Waals surface area contributed by atoms with Gasteiger partial charge in [-0.2, -0.15) is 5.90 Å². The van der Waals surface area contributed by atoms with Gasteiger partial charge in [-0.15, -0.1) is 0 Å². The molecule has 0 radical (unpaired) electrons. The molecule has 0 spiro atoms. The highest BCUT2D eigenvalue weighted by atomic mass is 16.7. The molecule has 5 heteroatoms. The summed E-state index contributed by atoms with van der Waals surface area (Å²) in [5, 5.41) is 8.11. The molecule has 0 rings (SSSR count). The van der Waals surface area contributed by atoms with Crippen molar-refractivity contribution in [2.75, 3.05) is 0 Å². The monoisotopic (exact) mass is 159 g/mol. The second-order valence-corrected chi connectivity index (χ2v) is 1.77. The van der Waals surface area contributed by atoms with E-state index in [1.807, 2.05) is 0 Å². The van der Waals surface area contributed by atoms with Gasteiger partial charge >= 0.3 is 11.9 Å². The molecule has 0 aliphatic carbocycles. The number of carbonyl (C=O) groups excluding carboxylic acids is 1. The Morgan fingerprint density at radius 1 is 1.55 bits per heavy atom. The quantitative estimate of drug-likeness (QED) is 0.439. The van der Waals surface area contributed by atoms with E-state index in [0.29, 0.717) is 6.42 Å². The molecule has 0 aliphatic heterocycles. The maximum atomic E-state index is 10.3. The number of hydrogen-bond donors (Lipinski definition) is 2. The van der Waals surface area contributed by atoms with E-state index in [9.17, 15) is 9.59 Å². The van der Waals surface area contributed by atoms with Gasteiger partial charge < -0.3 is 9.94 Å². The largest absolute Gasteiger partial charge is 0.478 e. The predicted molar refractivity (Wildman–Crippen MR) is 36.3 cm³/mol. The maximum Gasteiger partial charge on any atom is 0.327 e. The van der Waals surface area contributed by atoms with Crippen molar-refractivity contribution in [1.29, 1.82) is 0 Å². The third kappa shape index (κ3) is 6.53. The van der Waals surface area contributed by atoms with E-state index >= 15 is 0 Å². The highest BCUT2D eigenvalue weighted by Crippen LogP contribution is 1.91. The smallest absolute Gasteiger partial charge is 0.327 e. The molecule has 62 valence electrons. The molecule has 0 aromatic heterocycles. The van der Waals surface area contributed by atoms with Gasteiger partial charge in [0.25, 0.3) is 0 Å². The van der Waals surface area contributed by atoms with Crippen LogP contribution in [0.2, 0.25) is 0 Å². The van der Waals surface area contributed by atoms with E-state index in [1.165, 1.54) is 6.08 Å². The molecule has 0 unspecified atom stereocenters. The zero-order chi connectivity index (χ0) is 8.69. The fraction of sp³-hybridized carbons (Fsp3) is 0.333. The van der Waals surface area contributed by atoms with Crippen LogP contribution in [0.25, 0.3) is 0 Å². The number of carbonyl (C=O) groups is 2. The zero-order valence-corrected chi connectivity index (χ0v) is 5.82. The lowest BCUT2D eigenvalue weighted by atomic mass is 10.3. The molecule has 0 aliphatic rings. The Bertz CT molecular complexity index is 175. The second kappa shape index (κ2) is 5.43. The Kier molecular flexibility index (Phi) is 4.76. The Balaban J connectivity index is 3.41. The van der Waals surface area contributed by atoms with Crippen LogP contribution in [0, 0.1) is 0 Å². The standard InChI is InChI=1S/C6H9NO4/c7-11-6(10)4-2-1-3-5(8)9/h1,3H,2,4,7H2,(H,8,9)/b3-1+. The summed E-state index contributed by atoms with van der Waals surface area (Å²) in [6.07, 6.45) is 2.74. The number of hydrogen-bond acceptors (Lipinski definition) is 4. The van der Waals surface area contributed by atoms with Crippen LogP contribution in [0.1, 0.15) is 12.8 Å². The first kappa shape index (κ1) is 9.64. The van der Waals surface area contributed by atoms with E-state index in [4.69, 9.17) is 5.11 Å². The fourth-order valence-electron chi connectivity index (χ4n) is 0.444. The summed E-state index contributed by atoms with van der Waals surface area (Å²) in [6, 6.07) is 0. The van der Waals surface area contributed by atoms with Crippen molar-refractivity contribution in [3.63, 3.8) is 0 Å². The lowest BCUT2D eigenvalue weighted by Crippen LogP contribution is -2.08. The lowest BCUT2D eigenvalue weighted by molar-refractivity contribution is -0.144. The zero-order valence-electron chi connectivity index (χ0n) is 5.82. The van der Waals surface area contributed by atoms with Crippen LogP contribution < -0.4 is 5.90 Å². The average Bonchev–Trinajstić information content (AvgIpc) is 1.97. The minimum absolute atomic E-state index is 0.0975. The third-order valence-electron chi connectivity index (χ3n) is 0.907. The highest BCUT2D eigenvalue weighted by molar-refractivity contribution is 5.79. The van der Waals surface area contributed by atoms with Gasteiger partial charge in [0.15, 0.2) is 0 Å². The summed E-state index contributed by atoms with van der Waals surface area (Å²) < 4.78 is 0. The predicted octanol–water partition coefficient (Wildman–Crippen LogP) is -0.176. The fourth-order valence-corrected chi connectivity index (χ4v) is 0.444. The van der Waals surface area contributed by atoms with Crippen molar-refractivity contribution >= 4 is 11.9 Å². The van der Waals surface area contributed by atoms with E-state index in [-0.39, 0.29) is 6.42 Å². The van der Waals surface area contributed by atoms with Gasteiger partial charge in [-0.05, 0) is 6.42 Å². The summed E-state index contributed by atoms with van der Waals surface area (Å²) >= 11 is 0. The van der Waals surface area contributed by atoms with Crippen molar-refractivity contribution in [3.8, 4) is 0 Å². The first-order valence-corrected chi connectivity index (χ1v) is 2.96. The highest BCUT2D eigenvalue weighted by Gasteiger charge is 1.96. The SMILES string of the molecule is NOC(=O)CC/C=C/C(=O)O. The van der Waals surface area contributed by atoms with Crippen LogP contribution in [-0.4, -0.2) is 17.0 Å². The van der Waals surface area contributed by atoms with Crippen molar-refractivity contribution in [3.05, 3.63) is 12.2 Å². The van der Waals surface area contributed by atoms with Crippen molar-refractivity contribution in [2.45, 2.75) is 12.8 Å². The summed E-state index contributed by atoms with van der Waals surface area (Å²) in [4.78, 5) is 24.1. The van der Waals surface area contributed by atoms with Crippen molar-refractivity contribution in [2.24, 2.45) is 5.90 Å². The molecular weight excluding hydrogens is 150 g/mol. The summed E-state index contributed by atoms with van der Waals surface area (Å²) in [5.74, 6) is 2.93. The molecule has 0 bridgehead atoms. The second-order valence-electron chi connectivity index (χ2n) is 1.77. The first-order chi connectivity index (χ1) is 5.16. The third-order valence-corrected chi connectivity index (χ3v) is 0.907. The summed E-state index contributed by atoms with van der Waals surface area (Å²) in [7, 11) is 0. The van der Waals surface area contributed by atoms with Crippen LogP contribution in [0.5, 0.6) is 0 Å². The number of nitrogens with two attached hydrogens (primary N) is 1. The van der Waals surface area contributed by atoms with E-state index in [1.54, 1.807) is 0 Å². The Labute approximate surface area is 63.4 Å². The van der Waals surface area contributed by atoms with E-state index < -0.39 is 11.9 Å². The molecule has 0 aromatic rings. The van der Waals surface area contributed by atoms with E-state index in [2.05, 4.69) is 10.7 Å². The van der Waals surface area contributed by atoms with Gasteiger partial charge in [-0.3, -0.25) is 4.79 Å². The molecule has 11 heavy (non-hydrogen) atoms. The van der Waals surface area contributed by atoms with Gasteiger partial charge in [0, 0.05) is 6.08 Å². The molecule has 3 N–H and O–H groups in total. The minimum atomic E-state index is -1.04. The van der Waals surface area contributed by atoms with Crippen LogP contribution in [0.3, 0.4) is 0 Å². The van der Waals surface area contributed by atoms with Crippen molar-refractivity contribution < 1.29 is 19.5 Å². The summed E-state index contributed by atoms with van der Waals surface area (Å²) in [5.41, 5.74) is 0. The summed E-state index contributed by atoms with van der Waals surface area (Å²) in [6.45, 7) is 0. The van der Waals surface area contributed by atoms with Crippen LogP contribution in [-0.2, 0) is 14.4 Å². The van der Waals surface area contributed by atoms with Gasteiger partial charge in [-0.1, -0.05) is 6.08 Å². The minimum Gasteiger partial charge on any atom is -0.478 e. The van der Waals surface area contributed by atoms with Crippen LogP contribution in [0.4, 0.5) is 0 Å². The van der Waals surface area contributed by atoms with Gasteiger partial charge in [0.2, 0.25) is 0 Å². The van der Waals surface area contributed by atoms with E-state index in [0.717, 1.165) is 6.08 Å². The van der Waals surface area contributed by atoms with Crippen molar-refractivity contribution in [1.82, 2.24) is 0 Å². The molecule has 0 saturated heterocycles. The number of rotatable bonds is 4. The molecule has 0 aromatic carbocycles. The Hall–Kier alpha value is -1.36. The van der Waals surface area contributed by atoms with Gasteiger partial charge in [0.05, 0.1) is 6.42 Å². The molecule has 0 atom stereocenters. The molecule has 0 fully saturated rings. The normalized spacial score (nSPS) is 9.91. The first-order valence-electron chi connectivity index (χ1n) is 2.96. The maximum absolute atomic E-state index is 10.3. The molecule has 0 heterocycles. The number of carboxylic acids is 1. The Morgan fingerprint density at radius 2 is 2.18 bits per heavy atom. The number of carboxylic acid groups (broad SMARTS) is 1. The molecule has 5 nitrogen and oxygen atoms in total. The van der Waals surface area contributed by atoms with Gasteiger partial charge in [0.1, 0.15) is 0 Å². The van der Waals surface area contributed by atoms with Gasteiger partial charge in [-0.25, -0.2) is 4.79 Å². The number of allylic oxidation sites excluding steroid dienone is 1. The molecule has 0 saturated carbocycles. The molecule has 0 amide bonds.